The maximum absolute atomic E-state index is 9.59. The number of hydrogen-bond donors (Lipinski definition) is 5. The van der Waals surface area contributed by atoms with E-state index in [9.17, 15) is 8.42 Å². The summed E-state index contributed by atoms with van der Waals surface area (Å²) in [5.41, 5.74) is 11.7. The van der Waals surface area contributed by atoms with Crippen LogP contribution in [0.5, 0.6) is 0 Å². The van der Waals surface area contributed by atoms with Crippen LogP contribution in [0.1, 0.15) is 28.3 Å². The van der Waals surface area contributed by atoms with Crippen molar-refractivity contribution in [2.75, 3.05) is 13.6 Å². The molecule has 198 valence electrons. The molecule has 6 heterocycles. The van der Waals surface area contributed by atoms with Crippen molar-refractivity contribution in [2.24, 2.45) is 15.6 Å². The lowest BCUT2D eigenvalue weighted by Crippen LogP contribution is -2.13. The second kappa shape index (κ2) is 10.9. The van der Waals surface area contributed by atoms with Gasteiger partial charge < -0.3 is 14.9 Å². The molecule has 0 saturated heterocycles. The Kier molecular flexibility index (Phi) is 7.19. The van der Waals surface area contributed by atoms with Crippen molar-refractivity contribution in [3.63, 3.8) is 0 Å². The number of nitrogens with one attached hydrogen (secondary N) is 3. The zero-order valence-corrected chi connectivity index (χ0v) is 21.6. The Morgan fingerprint density at radius 2 is 1.49 bits per heavy atom. The second-order valence-corrected chi connectivity index (χ2v) is 9.82. The van der Waals surface area contributed by atoms with Crippen molar-refractivity contribution in [3.05, 3.63) is 89.2 Å². The largest absolute Gasteiger partial charge is 0.397 e. The van der Waals surface area contributed by atoms with Gasteiger partial charge >= 0.3 is 10.3 Å². The number of likely N-dealkylation sites (N-methyl/N-ethyl adjacent to an activating group) is 1. The van der Waals surface area contributed by atoms with Crippen molar-refractivity contribution < 1.29 is 13.0 Å². The summed E-state index contributed by atoms with van der Waals surface area (Å²) in [6, 6.07) is 14.6. The van der Waals surface area contributed by atoms with Crippen molar-refractivity contribution in [1.29, 1.82) is 0 Å². The Labute approximate surface area is 223 Å². The molecule has 6 rings (SSSR count). The summed E-state index contributed by atoms with van der Waals surface area (Å²) >= 11 is 0. The minimum atomic E-state index is -4.37. The molecule has 12 nitrogen and oxygen atoms in total. The molecule has 0 aromatic carbocycles. The van der Waals surface area contributed by atoms with Gasteiger partial charge in [-0.05, 0) is 94.4 Å². The lowest BCUT2D eigenvalue weighted by molar-refractivity contribution is 0.479. The SMILES string of the molecule is CN1C=CC(c2cc3cc4nc(cc5ccc(cc6nc(cc2[nH]3)C=C6)[nH]5)C=C4)=CC1.NNN=NS(=O)(=O)O. The maximum atomic E-state index is 9.59. The molecule has 3 aromatic heterocycles. The number of nitrogens with two attached hydrogens (primary N) is 1. The van der Waals surface area contributed by atoms with E-state index >= 15 is 0 Å². The number of allylic oxidation sites excluding steroid dienone is 2. The van der Waals surface area contributed by atoms with Gasteiger partial charge in [0, 0.05) is 41.2 Å². The monoisotopic (exact) mass is 543 g/mol. The van der Waals surface area contributed by atoms with Gasteiger partial charge in [-0.3, -0.25) is 4.55 Å². The van der Waals surface area contributed by atoms with Gasteiger partial charge in [-0.2, -0.15) is 8.42 Å². The van der Waals surface area contributed by atoms with Crippen molar-refractivity contribution in [3.8, 4) is 0 Å². The third kappa shape index (κ3) is 6.73. The van der Waals surface area contributed by atoms with Gasteiger partial charge in [0.2, 0.25) is 0 Å². The highest BCUT2D eigenvalue weighted by atomic mass is 32.2. The van der Waals surface area contributed by atoms with E-state index < -0.39 is 10.3 Å². The number of aromatic amines is 2. The van der Waals surface area contributed by atoms with Crippen LogP contribution >= 0.6 is 0 Å². The van der Waals surface area contributed by atoms with E-state index in [4.69, 9.17) is 14.5 Å². The fraction of sp³-hybridized carbons (Fsp3) is 0.0769. The van der Waals surface area contributed by atoms with Crippen LogP contribution in [0.2, 0.25) is 0 Å². The van der Waals surface area contributed by atoms with Gasteiger partial charge in [0.1, 0.15) is 0 Å². The van der Waals surface area contributed by atoms with Crippen LogP contribution in [0, 0.1) is 0 Å². The Morgan fingerprint density at radius 3 is 2.00 bits per heavy atom. The lowest BCUT2D eigenvalue weighted by atomic mass is 10.0. The number of fused-ring (bicyclic) bond motifs is 8. The lowest BCUT2D eigenvalue weighted by Gasteiger charge is -2.16. The molecule has 0 fully saturated rings. The fourth-order valence-corrected chi connectivity index (χ4v) is 4.26. The zero-order chi connectivity index (χ0) is 27.4. The van der Waals surface area contributed by atoms with Gasteiger partial charge in [-0.1, -0.05) is 6.08 Å². The fourth-order valence-electron chi connectivity index (χ4n) is 4.11. The van der Waals surface area contributed by atoms with Gasteiger partial charge in [0.05, 0.1) is 22.8 Å². The first kappa shape index (κ1) is 25.8. The van der Waals surface area contributed by atoms with Crippen LogP contribution in [0.25, 0.3) is 51.9 Å². The highest BCUT2D eigenvalue weighted by molar-refractivity contribution is 7.84. The molecule has 0 atom stereocenters. The third-order valence-electron chi connectivity index (χ3n) is 5.79. The Balaban J connectivity index is 0.000000339. The smallest absolute Gasteiger partial charge is 0.377 e. The maximum Gasteiger partial charge on any atom is 0.397 e. The van der Waals surface area contributed by atoms with E-state index in [0.29, 0.717) is 0 Å². The number of H-pyrrole nitrogens is 2. The van der Waals surface area contributed by atoms with Crippen LogP contribution in [0.15, 0.2) is 70.6 Å². The van der Waals surface area contributed by atoms with Crippen LogP contribution < -0.4 is 11.4 Å². The number of rotatable bonds is 3. The Hall–Kier alpha value is -4.85. The molecule has 8 bridgehead atoms. The van der Waals surface area contributed by atoms with Crippen molar-refractivity contribution >= 4 is 62.2 Å². The molecule has 13 heteroatoms. The van der Waals surface area contributed by atoms with E-state index in [1.54, 1.807) is 5.53 Å². The highest BCUT2D eigenvalue weighted by Crippen LogP contribution is 2.27. The molecule has 0 radical (unpaired) electrons. The molecule has 39 heavy (non-hydrogen) atoms. The topological polar surface area (TPSA) is 178 Å². The molecule has 0 saturated carbocycles. The minimum Gasteiger partial charge on any atom is -0.377 e. The summed E-state index contributed by atoms with van der Waals surface area (Å²) in [7, 11) is -2.29. The molecule has 0 aliphatic carbocycles. The van der Waals surface area contributed by atoms with E-state index in [0.717, 1.165) is 51.4 Å². The van der Waals surface area contributed by atoms with E-state index in [1.165, 1.54) is 11.1 Å². The number of hydrogen-bond acceptors (Lipinski definition) is 7. The van der Waals surface area contributed by atoms with E-state index in [2.05, 4.69) is 104 Å². The van der Waals surface area contributed by atoms with Gasteiger partial charge in [0.15, 0.2) is 0 Å². The van der Waals surface area contributed by atoms with E-state index in [1.807, 2.05) is 18.2 Å². The van der Waals surface area contributed by atoms with Crippen LogP contribution in [0.4, 0.5) is 0 Å². The first-order chi connectivity index (χ1) is 18.7. The summed E-state index contributed by atoms with van der Waals surface area (Å²) in [6.45, 7) is 0.894. The summed E-state index contributed by atoms with van der Waals surface area (Å²) in [6.07, 6.45) is 14.7. The molecule has 0 spiro atoms. The van der Waals surface area contributed by atoms with Crippen LogP contribution in [-0.2, 0) is 10.3 Å². The summed E-state index contributed by atoms with van der Waals surface area (Å²) < 4.78 is 29.2. The molecule has 0 unspecified atom stereocenters. The summed E-state index contributed by atoms with van der Waals surface area (Å²) in [5, 5.41) is 2.56. The average molecular weight is 544 g/mol. The van der Waals surface area contributed by atoms with Gasteiger partial charge in [-0.15, -0.1) is 0 Å². The Morgan fingerprint density at radius 1 is 0.897 bits per heavy atom. The third-order valence-corrected chi connectivity index (χ3v) is 6.08. The summed E-state index contributed by atoms with van der Waals surface area (Å²) in [4.78, 5) is 18.7. The molecule has 6 N–H and O–H groups in total. The molecular formula is C26H25N9O3S. The predicted molar refractivity (Wildman–Crippen MR) is 152 cm³/mol. The van der Waals surface area contributed by atoms with Crippen LogP contribution in [-0.4, -0.2) is 51.4 Å². The van der Waals surface area contributed by atoms with Crippen molar-refractivity contribution in [2.45, 2.75) is 0 Å². The number of nitrogens with zero attached hydrogens (tertiary/aromatic N) is 5. The van der Waals surface area contributed by atoms with Gasteiger partial charge in [0.25, 0.3) is 0 Å². The van der Waals surface area contributed by atoms with E-state index in [-0.39, 0.29) is 0 Å². The molecule has 3 aliphatic rings. The normalized spacial score (nSPS) is 14.3. The number of aromatic nitrogens is 4. The molecule has 0 amide bonds. The van der Waals surface area contributed by atoms with Crippen LogP contribution in [0.3, 0.4) is 0 Å². The Bertz CT molecular complexity index is 1830. The first-order valence-corrected chi connectivity index (χ1v) is 13.2. The van der Waals surface area contributed by atoms with Crippen molar-refractivity contribution in [1.82, 2.24) is 30.4 Å². The standard InChI is InChI=1S/C26H21N5.H4N4O3S/c1-31-10-8-17(9-11-31)25-15-24-14-22-5-4-20(28-22)12-18-2-3-19(27-18)13-21-6-7-23(29-21)16-26(25)30-24;1-2-3-4-8(5,6)7/h2-10,12-16,27,30H,11H2,1H3;(H2,1,3)(H,2,4)(H,5,6,7). The second-order valence-electron chi connectivity index (χ2n) is 8.76. The quantitative estimate of drug-likeness (QED) is 0.0976. The summed E-state index contributed by atoms with van der Waals surface area (Å²) in [5.74, 6) is 4.45. The minimum absolute atomic E-state index is 0.894. The number of hydrazine groups is 1. The molecular weight excluding hydrogens is 518 g/mol. The van der Waals surface area contributed by atoms with Gasteiger partial charge in [-0.25, -0.2) is 21.3 Å². The predicted octanol–water partition coefficient (Wildman–Crippen LogP) is 4.12. The first-order valence-electron chi connectivity index (χ1n) is 11.8. The average Bonchev–Trinajstić information content (AvgIpc) is 3.69. The highest BCUT2D eigenvalue weighted by Gasteiger charge is 2.10. The zero-order valence-electron chi connectivity index (χ0n) is 20.8. The molecule has 3 aliphatic heterocycles. The molecule has 3 aromatic rings.